The largest absolute Gasteiger partial charge is 0.481 e. The van der Waals surface area contributed by atoms with E-state index >= 15 is 0 Å². The third kappa shape index (κ3) is 6.48. The van der Waals surface area contributed by atoms with Crippen LogP contribution in [0.5, 0.6) is 0 Å². The number of carbonyl (C=O) groups is 4. The zero-order valence-electron chi connectivity index (χ0n) is 18.7. The molecule has 0 atom stereocenters. The number of carboxylic acid groups (broad SMARTS) is 1. The second kappa shape index (κ2) is 10.4. The number of hydrogen-bond acceptors (Lipinski definition) is 8. The van der Waals surface area contributed by atoms with E-state index in [4.69, 9.17) is 5.11 Å². The summed E-state index contributed by atoms with van der Waals surface area (Å²) in [6.45, 7) is 1.85. The van der Waals surface area contributed by atoms with Crippen molar-refractivity contribution in [3.8, 4) is 0 Å². The highest BCUT2D eigenvalue weighted by molar-refractivity contribution is 7.92. The Morgan fingerprint density at radius 1 is 1.12 bits per heavy atom. The second-order valence-corrected chi connectivity index (χ2v) is 11.5. The van der Waals surface area contributed by atoms with Crippen LogP contribution in [0, 0.1) is 12.8 Å². The molecule has 1 aliphatic carbocycles. The summed E-state index contributed by atoms with van der Waals surface area (Å²) in [5.74, 6) is -2.79. The van der Waals surface area contributed by atoms with Crippen molar-refractivity contribution in [3.05, 3.63) is 35.0 Å². The van der Waals surface area contributed by atoms with Gasteiger partial charge in [0.15, 0.2) is 20.8 Å². The number of amides is 2. The van der Waals surface area contributed by atoms with Crippen LogP contribution in [-0.4, -0.2) is 48.3 Å². The number of carboxylic acids is 1. The molecule has 0 unspecified atom stereocenters. The van der Waals surface area contributed by atoms with E-state index in [0.717, 1.165) is 37.5 Å². The number of aromatic nitrogens is 1. The number of hydrogen-bond donors (Lipinski definition) is 3. The van der Waals surface area contributed by atoms with E-state index in [9.17, 15) is 27.6 Å². The first-order valence-corrected chi connectivity index (χ1v) is 13.3. The number of nitrogens with one attached hydrogen (secondary N) is 2. The summed E-state index contributed by atoms with van der Waals surface area (Å²) in [5, 5.41) is 13.8. The van der Waals surface area contributed by atoms with Crippen molar-refractivity contribution in [2.45, 2.75) is 49.7 Å². The maximum absolute atomic E-state index is 12.9. The number of Topliss-reactive ketones (excluding diaryl/α,β-unsaturated/α-hetero) is 1. The van der Waals surface area contributed by atoms with Gasteiger partial charge in [-0.05, 0) is 31.9 Å². The lowest BCUT2D eigenvalue weighted by molar-refractivity contribution is -0.136. The number of anilines is 2. The van der Waals surface area contributed by atoms with Gasteiger partial charge in [-0.25, -0.2) is 13.4 Å². The zero-order chi connectivity index (χ0) is 25.0. The number of carbonyl (C=O) groups excluding carboxylic acids is 3. The maximum atomic E-state index is 12.9. The summed E-state index contributed by atoms with van der Waals surface area (Å²) in [4.78, 5) is 52.6. The molecule has 1 aromatic heterocycles. The first-order valence-electron chi connectivity index (χ1n) is 10.6. The fraction of sp³-hybridized carbons (Fsp3) is 0.409. The summed E-state index contributed by atoms with van der Waals surface area (Å²) in [5.41, 5.74) is 1.43. The molecule has 34 heavy (non-hydrogen) atoms. The number of ketones is 1. The molecule has 0 saturated heterocycles. The Kier molecular flexibility index (Phi) is 7.82. The van der Waals surface area contributed by atoms with E-state index in [1.165, 1.54) is 0 Å². The monoisotopic (exact) mass is 507 g/mol. The van der Waals surface area contributed by atoms with Crippen LogP contribution in [0.15, 0.2) is 22.4 Å². The zero-order valence-corrected chi connectivity index (χ0v) is 20.3. The van der Waals surface area contributed by atoms with E-state index < -0.39 is 40.5 Å². The highest BCUT2D eigenvalue weighted by Gasteiger charge is 2.27. The number of benzene rings is 1. The molecule has 3 rings (SSSR count). The van der Waals surface area contributed by atoms with Crippen LogP contribution in [0.3, 0.4) is 0 Å². The molecule has 1 aromatic carbocycles. The van der Waals surface area contributed by atoms with Crippen molar-refractivity contribution in [2.24, 2.45) is 5.92 Å². The summed E-state index contributed by atoms with van der Waals surface area (Å²) >= 11 is 0.619. The molecule has 2 aromatic rings. The number of sulfone groups is 1. The third-order valence-electron chi connectivity index (χ3n) is 5.32. The average Bonchev–Trinajstić information content (AvgIpc) is 3.38. The van der Waals surface area contributed by atoms with Gasteiger partial charge in [-0.2, -0.15) is 0 Å². The van der Waals surface area contributed by atoms with Crippen LogP contribution in [0.25, 0.3) is 0 Å². The molecule has 1 saturated carbocycles. The molecule has 0 spiro atoms. The SMILES string of the molecule is Cc1ccc(NC(=O)CC(=O)Nc2nc(CC(=O)O)c(S(C)(=O)=O)s2)c(C(=O)C2CCCC2)c1. The quantitative estimate of drug-likeness (QED) is 0.345. The number of thiazole rings is 1. The van der Waals surface area contributed by atoms with Gasteiger partial charge >= 0.3 is 5.97 Å². The van der Waals surface area contributed by atoms with Gasteiger partial charge < -0.3 is 15.7 Å². The molecule has 1 heterocycles. The lowest BCUT2D eigenvalue weighted by Gasteiger charge is -2.14. The van der Waals surface area contributed by atoms with Crippen molar-refractivity contribution < 1.29 is 32.7 Å². The molecular formula is C22H25N3O7S2. The predicted octanol–water partition coefficient (Wildman–Crippen LogP) is 2.82. The number of aliphatic carboxylic acids is 1. The molecule has 10 nitrogen and oxygen atoms in total. The topological polar surface area (TPSA) is 160 Å². The molecule has 0 aliphatic heterocycles. The number of aryl methyl sites for hydroxylation is 1. The van der Waals surface area contributed by atoms with Crippen LogP contribution in [-0.2, 0) is 30.6 Å². The molecule has 182 valence electrons. The lowest BCUT2D eigenvalue weighted by atomic mass is 9.94. The molecule has 0 bridgehead atoms. The van der Waals surface area contributed by atoms with Crippen molar-refractivity contribution in [1.29, 1.82) is 0 Å². The maximum Gasteiger partial charge on any atom is 0.309 e. The standard InChI is InChI=1S/C22H25N3O7S2/c1-12-7-8-15(14(9-12)20(30)13-5-3-4-6-13)23-17(26)11-18(27)25-22-24-16(10-19(28)29)21(33-22)34(2,31)32/h7-9,13H,3-6,10-11H2,1-2H3,(H,23,26)(H,28,29)(H,24,25,27). The van der Waals surface area contributed by atoms with Gasteiger partial charge in [0.05, 0.1) is 17.8 Å². The Balaban J connectivity index is 1.69. The minimum atomic E-state index is -3.75. The van der Waals surface area contributed by atoms with Crippen LogP contribution >= 0.6 is 11.3 Å². The minimum Gasteiger partial charge on any atom is -0.481 e. The van der Waals surface area contributed by atoms with Gasteiger partial charge in [-0.15, -0.1) is 0 Å². The Bertz CT molecular complexity index is 1250. The Labute approximate surface area is 200 Å². The highest BCUT2D eigenvalue weighted by Crippen LogP contribution is 2.31. The van der Waals surface area contributed by atoms with E-state index in [0.29, 0.717) is 22.6 Å². The van der Waals surface area contributed by atoms with Gasteiger partial charge in [0.2, 0.25) is 11.8 Å². The lowest BCUT2D eigenvalue weighted by Crippen LogP contribution is -2.23. The summed E-state index contributed by atoms with van der Waals surface area (Å²) in [7, 11) is -3.75. The fourth-order valence-electron chi connectivity index (χ4n) is 3.82. The smallest absolute Gasteiger partial charge is 0.309 e. The first kappa shape index (κ1) is 25.5. The van der Waals surface area contributed by atoms with E-state index in [2.05, 4.69) is 15.6 Å². The predicted molar refractivity (Wildman–Crippen MR) is 126 cm³/mol. The van der Waals surface area contributed by atoms with Crippen molar-refractivity contribution in [2.75, 3.05) is 16.9 Å². The van der Waals surface area contributed by atoms with Crippen LogP contribution in [0.1, 0.15) is 53.7 Å². The molecule has 2 amide bonds. The summed E-state index contributed by atoms with van der Waals surface area (Å²) in [6.07, 6.45) is 3.31. The molecule has 1 aliphatic rings. The molecule has 1 fully saturated rings. The van der Waals surface area contributed by atoms with Crippen LogP contribution in [0.2, 0.25) is 0 Å². The second-order valence-electron chi connectivity index (χ2n) is 8.26. The fourth-order valence-corrected chi connectivity index (χ4v) is 5.94. The summed E-state index contributed by atoms with van der Waals surface area (Å²) in [6, 6.07) is 5.11. The highest BCUT2D eigenvalue weighted by atomic mass is 32.2. The van der Waals surface area contributed by atoms with Gasteiger partial charge in [-0.3, -0.25) is 19.2 Å². The van der Waals surface area contributed by atoms with Gasteiger partial charge in [-0.1, -0.05) is 35.8 Å². The normalized spacial score (nSPS) is 14.1. The van der Waals surface area contributed by atoms with Crippen LogP contribution < -0.4 is 10.6 Å². The van der Waals surface area contributed by atoms with E-state index in [1.54, 1.807) is 18.2 Å². The third-order valence-corrected chi connectivity index (χ3v) is 8.20. The van der Waals surface area contributed by atoms with Gasteiger partial charge in [0.1, 0.15) is 10.6 Å². The average molecular weight is 508 g/mol. The molecule has 12 heteroatoms. The number of rotatable bonds is 9. The Hall–Kier alpha value is -3.12. The Morgan fingerprint density at radius 3 is 2.38 bits per heavy atom. The van der Waals surface area contributed by atoms with Crippen LogP contribution in [0.4, 0.5) is 10.8 Å². The van der Waals surface area contributed by atoms with Crippen molar-refractivity contribution >= 4 is 55.6 Å². The molecular weight excluding hydrogens is 482 g/mol. The van der Waals surface area contributed by atoms with Gasteiger partial charge in [0.25, 0.3) is 0 Å². The summed E-state index contributed by atoms with van der Waals surface area (Å²) < 4.78 is 23.5. The molecule has 3 N–H and O–H groups in total. The van der Waals surface area contributed by atoms with Gasteiger partial charge in [0, 0.05) is 17.7 Å². The van der Waals surface area contributed by atoms with Crippen molar-refractivity contribution in [1.82, 2.24) is 4.98 Å². The van der Waals surface area contributed by atoms with E-state index in [-0.39, 0.29) is 26.7 Å². The number of nitrogens with zero attached hydrogens (tertiary/aromatic N) is 1. The first-order chi connectivity index (χ1) is 15.9. The minimum absolute atomic E-state index is 0.0250. The Morgan fingerprint density at radius 2 is 1.76 bits per heavy atom. The van der Waals surface area contributed by atoms with Crippen molar-refractivity contribution in [3.63, 3.8) is 0 Å². The molecule has 0 radical (unpaired) electrons. The van der Waals surface area contributed by atoms with E-state index in [1.807, 2.05) is 6.92 Å².